The summed E-state index contributed by atoms with van der Waals surface area (Å²) in [5.41, 5.74) is 3.27. The molecule has 3 N–H and O–H groups in total. The quantitative estimate of drug-likeness (QED) is 0.573. The first-order chi connectivity index (χ1) is 7.92. The van der Waals surface area contributed by atoms with E-state index in [4.69, 9.17) is 10.6 Å². The molecule has 0 spiro atoms. The van der Waals surface area contributed by atoms with E-state index in [9.17, 15) is 0 Å². The molecule has 0 saturated carbocycles. The molecule has 0 amide bonds. The van der Waals surface area contributed by atoms with E-state index in [-0.39, 0.29) is 6.04 Å². The number of nitrogens with one attached hydrogen (secondary N) is 1. The number of ether oxygens (including phenoxy) is 1. The van der Waals surface area contributed by atoms with E-state index < -0.39 is 0 Å². The number of hydrazine groups is 1. The van der Waals surface area contributed by atoms with Crippen molar-refractivity contribution in [3.05, 3.63) is 11.8 Å². The maximum atomic E-state index is 5.68. The summed E-state index contributed by atoms with van der Waals surface area (Å²) in [5, 5.41) is 0. The molecule has 3 heteroatoms. The Labute approximate surface area is 106 Å². The van der Waals surface area contributed by atoms with E-state index in [0.29, 0.717) is 11.3 Å². The first kappa shape index (κ1) is 14.5. The topological polar surface area (TPSA) is 47.3 Å². The third-order valence-electron chi connectivity index (χ3n) is 3.11. The lowest BCUT2D eigenvalue weighted by Gasteiger charge is -2.28. The van der Waals surface area contributed by atoms with Crippen molar-refractivity contribution in [2.75, 3.05) is 6.61 Å². The van der Waals surface area contributed by atoms with E-state index in [1.54, 1.807) is 0 Å². The predicted molar refractivity (Wildman–Crippen MR) is 72.2 cm³/mol. The Hall–Kier alpha value is -0.540. The zero-order valence-corrected chi connectivity index (χ0v) is 11.8. The van der Waals surface area contributed by atoms with Crippen LogP contribution in [0, 0.1) is 11.3 Å². The minimum atomic E-state index is 0.174. The normalized spacial score (nSPS) is 20.4. The number of rotatable bonds is 5. The average molecular weight is 240 g/mol. The number of allylic oxidation sites excluding steroid dienone is 1. The minimum absolute atomic E-state index is 0.174. The third kappa shape index (κ3) is 5.55. The van der Waals surface area contributed by atoms with Crippen molar-refractivity contribution < 1.29 is 4.74 Å². The lowest BCUT2D eigenvalue weighted by atomic mass is 9.82. The van der Waals surface area contributed by atoms with Gasteiger partial charge in [0.2, 0.25) is 0 Å². The SMILES string of the molecule is CC(CC(NN)C1=CCCCO1)CC(C)(C)C. The Bertz CT molecular complexity index is 255. The zero-order valence-electron chi connectivity index (χ0n) is 11.8. The summed E-state index contributed by atoms with van der Waals surface area (Å²) in [6.07, 6.45) is 6.66. The Balaban J connectivity index is 2.48. The molecule has 1 rings (SSSR count). The van der Waals surface area contributed by atoms with E-state index >= 15 is 0 Å². The van der Waals surface area contributed by atoms with Crippen LogP contribution in [0.4, 0.5) is 0 Å². The van der Waals surface area contributed by atoms with Crippen LogP contribution in [0.25, 0.3) is 0 Å². The van der Waals surface area contributed by atoms with Gasteiger partial charge < -0.3 is 4.74 Å². The van der Waals surface area contributed by atoms with E-state index in [0.717, 1.165) is 31.6 Å². The third-order valence-corrected chi connectivity index (χ3v) is 3.11. The van der Waals surface area contributed by atoms with Crippen molar-refractivity contribution in [2.45, 2.75) is 59.4 Å². The second-order valence-electron chi connectivity index (χ2n) is 6.42. The van der Waals surface area contributed by atoms with Crippen LogP contribution in [0.5, 0.6) is 0 Å². The molecule has 0 saturated heterocycles. The molecular weight excluding hydrogens is 212 g/mol. The van der Waals surface area contributed by atoms with Crippen LogP contribution in [-0.2, 0) is 4.74 Å². The molecule has 0 radical (unpaired) electrons. The summed E-state index contributed by atoms with van der Waals surface area (Å²) in [5.74, 6) is 7.33. The van der Waals surface area contributed by atoms with Crippen molar-refractivity contribution in [3.8, 4) is 0 Å². The molecule has 1 aliphatic rings. The van der Waals surface area contributed by atoms with Gasteiger partial charge in [0.05, 0.1) is 12.6 Å². The highest BCUT2D eigenvalue weighted by Crippen LogP contribution is 2.28. The maximum Gasteiger partial charge on any atom is 0.110 e. The molecule has 0 aromatic rings. The fourth-order valence-electron chi connectivity index (χ4n) is 2.62. The number of hydrogen-bond acceptors (Lipinski definition) is 3. The van der Waals surface area contributed by atoms with Gasteiger partial charge in [0.25, 0.3) is 0 Å². The van der Waals surface area contributed by atoms with Crippen molar-refractivity contribution in [3.63, 3.8) is 0 Å². The summed E-state index contributed by atoms with van der Waals surface area (Å²) < 4.78 is 5.68. The van der Waals surface area contributed by atoms with Crippen molar-refractivity contribution in [2.24, 2.45) is 17.2 Å². The van der Waals surface area contributed by atoms with E-state index in [1.165, 1.54) is 6.42 Å². The second kappa shape index (κ2) is 6.41. The van der Waals surface area contributed by atoms with Crippen LogP contribution in [-0.4, -0.2) is 12.6 Å². The summed E-state index contributed by atoms with van der Waals surface area (Å²) >= 11 is 0. The highest BCUT2D eigenvalue weighted by atomic mass is 16.5. The highest BCUT2D eigenvalue weighted by Gasteiger charge is 2.22. The van der Waals surface area contributed by atoms with Gasteiger partial charge in [-0.05, 0) is 43.1 Å². The molecule has 1 aliphatic heterocycles. The Morgan fingerprint density at radius 1 is 1.47 bits per heavy atom. The van der Waals surface area contributed by atoms with Gasteiger partial charge in [0.1, 0.15) is 5.76 Å². The average Bonchev–Trinajstić information content (AvgIpc) is 2.24. The van der Waals surface area contributed by atoms with E-state index in [2.05, 4.69) is 39.2 Å². The first-order valence-corrected chi connectivity index (χ1v) is 6.71. The maximum absolute atomic E-state index is 5.68. The Kier molecular flexibility index (Phi) is 5.47. The standard InChI is InChI=1S/C14H28N2O/c1-11(10-14(2,3)4)9-12(16-15)13-7-5-6-8-17-13/h7,11-12,16H,5-6,8-10,15H2,1-4H3. The first-order valence-electron chi connectivity index (χ1n) is 6.71. The fraction of sp³-hybridized carbons (Fsp3) is 0.857. The van der Waals surface area contributed by atoms with Gasteiger partial charge in [0, 0.05) is 0 Å². The Morgan fingerprint density at radius 3 is 2.65 bits per heavy atom. The summed E-state index contributed by atoms with van der Waals surface area (Å²) in [4.78, 5) is 0. The number of hydrogen-bond donors (Lipinski definition) is 2. The van der Waals surface area contributed by atoms with Crippen LogP contribution < -0.4 is 11.3 Å². The second-order valence-corrected chi connectivity index (χ2v) is 6.42. The smallest absolute Gasteiger partial charge is 0.110 e. The molecule has 3 nitrogen and oxygen atoms in total. The predicted octanol–water partition coefficient (Wildman–Crippen LogP) is 2.98. The summed E-state index contributed by atoms with van der Waals surface area (Å²) in [6, 6.07) is 0.174. The van der Waals surface area contributed by atoms with Crippen LogP contribution in [0.15, 0.2) is 11.8 Å². The summed E-state index contributed by atoms with van der Waals surface area (Å²) in [6.45, 7) is 9.97. The minimum Gasteiger partial charge on any atom is -0.497 e. The monoisotopic (exact) mass is 240 g/mol. The van der Waals surface area contributed by atoms with Crippen molar-refractivity contribution >= 4 is 0 Å². The molecule has 0 aliphatic carbocycles. The molecule has 0 fully saturated rings. The zero-order chi connectivity index (χ0) is 12.9. The Morgan fingerprint density at radius 2 is 2.18 bits per heavy atom. The molecule has 1 heterocycles. The summed E-state index contributed by atoms with van der Waals surface area (Å²) in [7, 11) is 0. The number of nitrogens with two attached hydrogens (primary N) is 1. The van der Waals surface area contributed by atoms with Crippen molar-refractivity contribution in [1.82, 2.24) is 5.43 Å². The highest BCUT2D eigenvalue weighted by molar-refractivity contribution is 5.05. The lowest BCUT2D eigenvalue weighted by molar-refractivity contribution is 0.156. The van der Waals surface area contributed by atoms with Crippen LogP contribution in [0.2, 0.25) is 0 Å². The van der Waals surface area contributed by atoms with E-state index in [1.807, 2.05) is 0 Å². The largest absolute Gasteiger partial charge is 0.497 e. The molecule has 17 heavy (non-hydrogen) atoms. The van der Waals surface area contributed by atoms with Gasteiger partial charge in [-0.25, -0.2) is 5.43 Å². The van der Waals surface area contributed by atoms with Gasteiger partial charge in [-0.3, -0.25) is 5.84 Å². The van der Waals surface area contributed by atoms with Crippen molar-refractivity contribution in [1.29, 1.82) is 0 Å². The molecule has 100 valence electrons. The fourth-order valence-corrected chi connectivity index (χ4v) is 2.62. The van der Waals surface area contributed by atoms with Crippen LogP contribution in [0.1, 0.15) is 53.4 Å². The van der Waals surface area contributed by atoms with Crippen LogP contribution >= 0.6 is 0 Å². The van der Waals surface area contributed by atoms with Gasteiger partial charge >= 0.3 is 0 Å². The molecule has 2 unspecified atom stereocenters. The van der Waals surface area contributed by atoms with Crippen LogP contribution in [0.3, 0.4) is 0 Å². The molecular formula is C14H28N2O. The van der Waals surface area contributed by atoms with Gasteiger partial charge in [-0.2, -0.15) is 0 Å². The molecule has 0 aromatic carbocycles. The lowest BCUT2D eigenvalue weighted by Crippen LogP contribution is -2.39. The molecule has 2 atom stereocenters. The van der Waals surface area contributed by atoms with Gasteiger partial charge in [0.15, 0.2) is 0 Å². The van der Waals surface area contributed by atoms with Gasteiger partial charge in [-0.1, -0.05) is 27.7 Å². The van der Waals surface area contributed by atoms with Gasteiger partial charge in [-0.15, -0.1) is 0 Å². The molecule has 0 bridgehead atoms. The molecule has 0 aromatic heterocycles.